The number of thiophene rings is 1. The Morgan fingerprint density at radius 3 is 2.68 bits per heavy atom. The smallest absolute Gasteiger partial charge is 0.237 e. The average Bonchev–Trinajstić information content (AvgIpc) is 3.57. The summed E-state index contributed by atoms with van der Waals surface area (Å²) in [6, 6.07) is 3.94. The number of amides is 1. The Hall–Kier alpha value is -3.19. The van der Waals surface area contributed by atoms with Crippen molar-refractivity contribution < 1.29 is 13.9 Å². The molecule has 0 atom stereocenters. The number of pyridine rings is 1. The number of nitrogens with two attached hydrogens (primary N) is 1. The number of hydrogen-bond donors (Lipinski definition) is 2. The van der Waals surface area contributed by atoms with Gasteiger partial charge in [-0.15, -0.1) is 11.3 Å². The van der Waals surface area contributed by atoms with Gasteiger partial charge in [-0.1, -0.05) is 0 Å². The predicted octanol–water partition coefficient (Wildman–Crippen LogP) is 2.59. The van der Waals surface area contributed by atoms with Gasteiger partial charge in [0.05, 0.1) is 40.7 Å². The first kappa shape index (κ1) is 25.1. The highest BCUT2D eigenvalue weighted by molar-refractivity contribution is 7.19. The Morgan fingerprint density at radius 1 is 1.18 bits per heavy atom. The fourth-order valence-corrected chi connectivity index (χ4v) is 6.33. The van der Waals surface area contributed by atoms with Crippen LogP contribution in [0.3, 0.4) is 0 Å². The number of hydrogen-bond acceptors (Lipinski definition) is 9. The zero-order valence-electron chi connectivity index (χ0n) is 21.5. The van der Waals surface area contributed by atoms with Crippen LogP contribution in [0.15, 0.2) is 24.5 Å². The molecule has 6 rings (SSSR count). The SMILES string of the molecule is CC(C)(C(N)=O)N1CCN(Cc2cc3nc(-c4ncc(F)c5[nH]ccc45)nc(N4CCOCC4)c3s2)CC1. The lowest BCUT2D eigenvalue weighted by Gasteiger charge is -2.42. The van der Waals surface area contributed by atoms with Crippen LogP contribution in [0.2, 0.25) is 0 Å². The second-order valence-electron chi connectivity index (χ2n) is 10.3. The molecule has 0 saturated carbocycles. The van der Waals surface area contributed by atoms with Crippen LogP contribution in [0.4, 0.5) is 10.2 Å². The van der Waals surface area contributed by atoms with Crippen molar-refractivity contribution in [2.45, 2.75) is 25.9 Å². The highest BCUT2D eigenvalue weighted by Gasteiger charge is 2.34. The molecule has 2 fully saturated rings. The molecule has 2 saturated heterocycles. The van der Waals surface area contributed by atoms with Crippen molar-refractivity contribution >= 4 is 44.2 Å². The lowest BCUT2D eigenvalue weighted by Crippen LogP contribution is -2.59. The van der Waals surface area contributed by atoms with Crippen LogP contribution in [0.1, 0.15) is 18.7 Å². The van der Waals surface area contributed by atoms with Crippen LogP contribution < -0.4 is 10.6 Å². The summed E-state index contributed by atoms with van der Waals surface area (Å²) in [4.78, 5) is 37.1. The minimum absolute atomic E-state index is 0.298. The number of halogens is 1. The van der Waals surface area contributed by atoms with Gasteiger partial charge in [0.25, 0.3) is 0 Å². The van der Waals surface area contributed by atoms with Crippen molar-refractivity contribution in [1.82, 2.24) is 29.7 Å². The van der Waals surface area contributed by atoms with Gasteiger partial charge in [-0.3, -0.25) is 14.6 Å². The minimum atomic E-state index is -0.651. The van der Waals surface area contributed by atoms with Crippen molar-refractivity contribution in [2.75, 3.05) is 57.4 Å². The van der Waals surface area contributed by atoms with E-state index in [9.17, 15) is 9.18 Å². The predicted molar refractivity (Wildman–Crippen MR) is 146 cm³/mol. The Kier molecular flexibility index (Phi) is 6.50. The van der Waals surface area contributed by atoms with Gasteiger partial charge in [0, 0.05) is 62.3 Å². The molecule has 2 aliphatic rings. The van der Waals surface area contributed by atoms with E-state index in [0.717, 1.165) is 61.8 Å². The van der Waals surface area contributed by atoms with E-state index in [2.05, 4.69) is 30.7 Å². The first-order valence-corrected chi connectivity index (χ1v) is 13.7. The van der Waals surface area contributed by atoms with E-state index in [4.69, 9.17) is 20.4 Å². The molecule has 4 aromatic rings. The molecule has 4 aromatic heterocycles. The van der Waals surface area contributed by atoms with Crippen molar-refractivity contribution in [3.8, 4) is 11.5 Å². The van der Waals surface area contributed by atoms with Crippen molar-refractivity contribution in [1.29, 1.82) is 0 Å². The van der Waals surface area contributed by atoms with Gasteiger partial charge in [-0.2, -0.15) is 0 Å². The summed E-state index contributed by atoms with van der Waals surface area (Å²) in [6.45, 7) is 10.6. The molecule has 0 aliphatic carbocycles. The first-order valence-electron chi connectivity index (χ1n) is 12.8. The molecule has 3 N–H and O–H groups in total. The third-order valence-electron chi connectivity index (χ3n) is 7.62. The minimum Gasteiger partial charge on any atom is -0.378 e. The molecule has 0 aromatic carbocycles. The zero-order chi connectivity index (χ0) is 26.4. The summed E-state index contributed by atoms with van der Waals surface area (Å²) in [7, 11) is 0. The van der Waals surface area contributed by atoms with Crippen LogP contribution >= 0.6 is 11.3 Å². The van der Waals surface area contributed by atoms with E-state index in [0.29, 0.717) is 35.6 Å². The Balaban J connectivity index is 1.32. The number of H-pyrrole nitrogens is 1. The van der Waals surface area contributed by atoms with Gasteiger partial charge in [0.1, 0.15) is 5.69 Å². The van der Waals surface area contributed by atoms with E-state index < -0.39 is 11.4 Å². The monoisotopic (exact) mass is 538 g/mol. The number of nitrogens with zero attached hydrogens (tertiary/aromatic N) is 6. The second kappa shape index (κ2) is 9.84. The maximum absolute atomic E-state index is 14.3. The third-order valence-corrected chi connectivity index (χ3v) is 8.73. The third kappa shape index (κ3) is 4.51. The van der Waals surface area contributed by atoms with E-state index >= 15 is 0 Å². The lowest BCUT2D eigenvalue weighted by molar-refractivity contribution is -0.129. The lowest BCUT2D eigenvalue weighted by atomic mass is 10.0. The highest BCUT2D eigenvalue weighted by atomic mass is 32.1. The summed E-state index contributed by atoms with van der Waals surface area (Å²) >= 11 is 1.71. The van der Waals surface area contributed by atoms with Crippen LogP contribution in [0.25, 0.3) is 32.6 Å². The molecule has 2 aliphatic heterocycles. The van der Waals surface area contributed by atoms with Gasteiger partial charge in [0.2, 0.25) is 5.91 Å². The largest absolute Gasteiger partial charge is 0.378 e. The molecule has 10 nitrogen and oxygen atoms in total. The Bertz CT molecular complexity index is 1490. The van der Waals surface area contributed by atoms with Gasteiger partial charge < -0.3 is 20.4 Å². The van der Waals surface area contributed by atoms with E-state index in [1.165, 1.54) is 11.1 Å². The number of fused-ring (bicyclic) bond motifs is 2. The van der Waals surface area contributed by atoms with E-state index in [-0.39, 0.29) is 5.91 Å². The van der Waals surface area contributed by atoms with Crippen LogP contribution in [0, 0.1) is 5.82 Å². The molecule has 1 amide bonds. The standard InChI is InChI=1S/C26H31FN8O2S/c1-26(2,25(28)36)35-7-5-33(6-8-35)15-16-13-19-22(38-16)24(34-9-11-37-12-10-34)32-23(31-19)21-17-3-4-29-20(17)18(27)14-30-21/h3-4,13-14,29H,5-12,15H2,1-2H3,(H2,28,36). The Morgan fingerprint density at radius 2 is 1.95 bits per heavy atom. The molecular formula is C26H31FN8O2S. The van der Waals surface area contributed by atoms with Crippen LogP contribution in [-0.4, -0.2) is 93.7 Å². The van der Waals surface area contributed by atoms with Gasteiger partial charge in [0.15, 0.2) is 17.5 Å². The molecule has 38 heavy (non-hydrogen) atoms. The summed E-state index contributed by atoms with van der Waals surface area (Å²) in [5.41, 5.74) is 6.79. The second-order valence-corrected chi connectivity index (χ2v) is 11.4. The number of aromatic amines is 1. The number of morpholine rings is 1. The van der Waals surface area contributed by atoms with Gasteiger partial charge in [-0.05, 0) is 26.0 Å². The van der Waals surface area contributed by atoms with Gasteiger partial charge in [-0.25, -0.2) is 19.3 Å². The van der Waals surface area contributed by atoms with Crippen LogP contribution in [-0.2, 0) is 16.1 Å². The van der Waals surface area contributed by atoms with Gasteiger partial charge >= 0.3 is 0 Å². The number of carbonyl (C=O) groups is 1. The molecule has 200 valence electrons. The van der Waals surface area contributed by atoms with E-state index in [1.807, 2.05) is 13.8 Å². The Labute approximate surface area is 223 Å². The summed E-state index contributed by atoms with van der Waals surface area (Å²) in [5.74, 6) is 0.649. The number of carbonyl (C=O) groups excluding carboxylic acids is 1. The highest BCUT2D eigenvalue weighted by Crippen LogP contribution is 2.36. The number of ether oxygens (including phenoxy) is 1. The normalized spacial score (nSPS) is 18.0. The topological polar surface area (TPSA) is 117 Å². The molecule has 0 unspecified atom stereocenters. The molecular weight excluding hydrogens is 507 g/mol. The zero-order valence-corrected chi connectivity index (χ0v) is 22.4. The fourth-order valence-electron chi connectivity index (χ4n) is 5.18. The summed E-state index contributed by atoms with van der Waals surface area (Å²) < 4.78 is 20.9. The molecule has 0 spiro atoms. The van der Waals surface area contributed by atoms with E-state index in [1.54, 1.807) is 23.6 Å². The van der Waals surface area contributed by atoms with Crippen molar-refractivity contribution in [3.05, 3.63) is 35.2 Å². The van der Waals surface area contributed by atoms with Crippen molar-refractivity contribution in [3.63, 3.8) is 0 Å². The quantitative estimate of drug-likeness (QED) is 0.385. The number of aromatic nitrogens is 4. The number of anilines is 1. The maximum Gasteiger partial charge on any atom is 0.237 e. The first-order chi connectivity index (χ1) is 18.3. The molecule has 12 heteroatoms. The average molecular weight is 539 g/mol. The fraction of sp³-hybridized carbons (Fsp3) is 0.462. The number of rotatable bonds is 6. The van der Waals surface area contributed by atoms with Crippen molar-refractivity contribution in [2.24, 2.45) is 5.73 Å². The van der Waals surface area contributed by atoms with Crippen LogP contribution in [0.5, 0.6) is 0 Å². The number of nitrogens with one attached hydrogen (secondary N) is 1. The maximum atomic E-state index is 14.3. The molecule has 6 heterocycles. The number of piperazine rings is 1. The summed E-state index contributed by atoms with van der Waals surface area (Å²) in [6.07, 6.45) is 2.92. The summed E-state index contributed by atoms with van der Waals surface area (Å²) in [5, 5.41) is 0.657. The molecule has 0 radical (unpaired) electrons. The number of primary amides is 1. The molecule has 0 bridgehead atoms.